The highest BCUT2D eigenvalue weighted by atomic mass is 16.3. The molecule has 0 aromatic heterocycles. The second-order valence-corrected chi connectivity index (χ2v) is 9.25. The Morgan fingerprint density at radius 2 is 2.14 bits per heavy atom. The fraction of sp³-hybridized carbons (Fsp3) is 0.583. The first-order valence-corrected chi connectivity index (χ1v) is 10.7. The van der Waals surface area contributed by atoms with Gasteiger partial charge in [0.25, 0.3) is 0 Å². The van der Waals surface area contributed by atoms with Gasteiger partial charge in [-0.05, 0) is 86.9 Å². The molecule has 4 rings (SSSR count). The molecule has 1 aromatic carbocycles. The minimum absolute atomic E-state index is 0.00533. The van der Waals surface area contributed by atoms with E-state index in [1.54, 1.807) is 6.07 Å². The molecule has 1 saturated heterocycles. The Kier molecular flexibility index (Phi) is 4.73. The number of rotatable bonds is 5. The van der Waals surface area contributed by atoms with E-state index >= 15 is 0 Å². The molecule has 0 spiro atoms. The Morgan fingerprint density at radius 1 is 1.36 bits per heavy atom. The van der Waals surface area contributed by atoms with Crippen LogP contribution in [0.1, 0.15) is 70.4 Å². The number of fused-ring (bicyclic) bond motifs is 3. The number of Topliss-reactive ketones (excluding diaryl/α,β-unsaturated/α-hetero) is 2. The number of ketones is 2. The minimum atomic E-state index is -0.965. The number of hydrogen-bond acceptors (Lipinski definition) is 4. The van der Waals surface area contributed by atoms with Crippen LogP contribution < -0.4 is 5.32 Å². The summed E-state index contributed by atoms with van der Waals surface area (Å²) in [5.41, 5.74) is 2.93. The van der Waals surface area contributed by atoms with E-state index < -0.39 is 5.41 Å². The molecular weight excluding hydrogens is 350 g/mol. The third kappa shape index (κ3) is 2.76. The maximum Gasteiger partial charge on any atom is 0.172 e. The van der Waals surface area contributed by atoms with Gasteiger partial charge in [0.15, 0.2) is 11.6 Å². The molecular formula is C24H31NO3. The van der Waals surface area contributed by atoms with Gasteiger partial charge in [-0.1, -0.05) is 25.8 Å². The molecule has 3 aliphatic rings. The quantitative estimate of drug-likeness (QED) is 0.750. The van der Waals surface area contributed by atoms with Crippen LogP contribution in [0.25, 0.3) is 5.57 Å². The van der Waals surface area contributed by atoms with Gasteiger partial charge in [0.2, 0.25) is 0 Å². The summed E-state index contributed by atoms with van der Waals surface area (Å²) in [6.45, 7) is 6.83. The molecule has 4 heteroatoms. The van der Waals surface area contributed by atoms with E-state index in [1.807, 2.05) is 26.0 Å². The topological polar surface area (TPSA) is 66.4 Å². The van der Waals surface area contributed by atoms with Crippen molar-refractivity contribution in [2.24, 2.45) is 10.8 Å². The van der Waals surface area contributed by atoms with E-state index in [4.69, 9.17) is 0 Å². The summed E-state index contributed by atoms with van der Waals surface area (Å²) >= 11 is 0. The molecule has 1 fully saturated rings. The lowest BCUT2D eigenvalue weighted by Gasteiger charge is -2.45. The number of carbonyl (C=O) groups is 2. The lowest BCUT2D eigenvalue weighted by Crippen LogP contribution is -2.51. The largest absolute Gasteiger partial charge is 0.508 e. The van der Waals surface area contributed by atoms with Crippen LogP contribution in [-0.2, 0) is 16.0 Å². The smallest absolute Gasteiger partial charge is 0.172 e. The summed E-state index contributed by atoms with van der Waals surface area (Å²) in [5, 5.41) is 13.3. The minimum Gasteiger partial charge on any atom is -0.508 e. The van der Waals surface area contributed by atoms with Gasteiger partial charge in [-0.3, -0.25) is 9.59 Å². The highest BCUT2D eigenvalue weighted by molar-refractivity contribution is 6.20. The summed E-state index contributed by atoms with van der Waals surface area (Å²) in [5.74, 6) is 0.332. The van der Waals surface area contributed by atoms with Crippen molar-refractivity contribution in [3.05, 3.63) is 34.9 Å². The molecule has 1 aliphatic heterocycles. The molecule has 4 nitrogen and oxygen atoms in total. The molecule has 150 valence electrons. The monoisotopic (exact) mass is 381 g/mol. The number of hydrogen-bond donors (Lipinski definition) is 2. The van der Waals surface area contributed by atoms with Gasteiger partial charge in [-0.2, -0.15) is 0 Å². The predicted molar refractivity (Wildman–Crippen MR) is 110 cm³/mol. The molecule has 0 radical (unpaired) electrons. The summed E-state index contributed by atoms with van der Waals surface area (Å²) in [4.78, 5) is 27.0. The standard InChI is InChI=1S/C24H31NO3/c1-4-5-10-24-13-16-12-17(26)8-9-18(16)20(24)15(2)21(27)23(3,14-24)22(28)19-7-6-11-25-19/h8-9,12,19,25-26H,4-7,10-11,13-14H2,1-3H3/t19-,23?,24?/m1/s1. The van der Waals surface area contributed by atoms with E-state index in [9.17, 15) is 14.7 Å². The molecule has 2 unspecified atom stereocenters. The molecule has 0 saturated carbocycles. The highest BCUT2D eigenvalue weighted by Gasteiger charge is 2.57. The molecule has 28 heavy (non-hydrogen) atoms. The Labute approximate surface area is 167 Å². The molecule has 0 bridgehead atoms. The van der Waals surface area contributed by atoms with Crippen molar-refractivity contribution in [2.45, 2.75) is 71.8 Å². The maximum atomic E-state index is 13.5. The normalized spacial score (nSPS) is 31.8. The van der Waals surface area contributed by atoms with Crippen molar-refractivity contribution in [3.63, 3.8) is 0 Å². The van der Waals surface area contributed by atoms with Crippen molar-refractivity contribution < 1.29 is 14.7 Å². The first-order chi connectivity index (χ1) is 13.3. The number of allylic oxidation sites excluding steroid dienone is 2. The van der Waals surface area contributed by atoms with Crippen LogP contribution in [-0.4, -0.2) is 29.3 Å². The number of unbranched alkanes of at least 4 members (excludes halogenated alkanes) is 1. The van der Waals surface area contributed by atoms with Gasteiger partial charge in [-0.25, -0.2) is 0 Å². The Balaban J connectivity index is 1.83. The zero-order chi connectivity index (χ0) is 20.1. The lowest BCUT2D eigenvalue weighted by molar-refractivity contribution is -0.141. The number of aromatic hydroxyl groups is 1. The maximum absolute atomic E-state index is 13.5. The van der Waals surface area contributed by atoms with Crippen LogP contribution in [0, 0.1) is 10.8 Å². The van der Waals surface area contributed by atoms with Gasteiger partial charge >= 0.3 is 0 Å². The number of benzene rings is 1. The number of nitrogens with one attached hydrogen (secondary N) is 1. The van der Waals surface area contributed by atoms with Crippen molar-refractivity contribution in [1.82, 2.24) is 5.32 Å². The third-order valence-electron chi connectivity index (χ3n) is 7.26. The van der Waals surface area contributed by atoms with E-state index in [0.29, 0.717) is 6.42 Å². The Morgan fingerprint density at radius 3 is 2.82 bits per heavy atom. The van der Waals surface area contributed by atoms with Crippen LogP contribution in [0.4, 0.5) is 0 Å². The molecule has 2 N–H and O–H groups in total. The second kappa shape index (κ2) is 6.84. The van der Waals surface area contributed by atoms with Gasteiger partial charge in [0.05, 0.1) is 11.5 Å². The van der Waals surface area contributed by atoms with Crippen LogP contribution in [0.3, 0.4) is 0 Å². The van der Waals surface area contributed by atoms with E-state index in [2.05, 4.69) is 12.2 Å². The molecule has 1 aromatic rings. The number of carbonyl (C=O) groups excluding carboxylic acids is 2. The summed E-state index contributed by atoms with van der Waals surface area (Å²) in [6.07, 6.45) is 6.32. The van der Waals surface area contributed by atoms with Crippen molar-refractivity contribution >= 4 is 17.1 Å². The average Bonchev–Trinajstić information content (AvgIpc) is 3.29. The van der Waals surface area contributed by atoms with Crippen molar-refractivity contribution in [3.8, 4) is 5.75 Å². The van der Waals surface area contributed by atoms with Crippen LogP contribution in [0.5, 0.6) is 5.75 Å². The fourth-order valence-corrected chi connectivity index (χ4v) is 6.05. The molecule has 3 atom stereocenters. The SMILES string of the molecule is CCCCC12Cc3cc(O)ccc3C1=C(C)C(=O)C(C)(C(=O)[C@H]1CCCN1)C2. The predicted octanol–water partition coefficient (Wildman–Crippen LogP) is 4.20. The molecule has 2 aliphatic carbocycles. The highest BCUT2D eigenvalue weighted by Crippen LogP contribution is 2.60. The average molecular weight is 382 g/mol. The second-order valence-electron chi connectivity index (χ2n) is 9.25. The molecule has 1 heterocycles. The third-order valence-corrected chi connectivity index (χ3v) is 7.26. The first kappa shape index (κ1) is 19.4. The Bertz CT molecular complexity index is 865. The van der Waals surface area contributed by atoms with Crippen LogP contribution in [0.2, 0.25) is 0 Å². The molecule has 0 amide bonds. The number of phenols is 1. The van der Waals surface area contributed by atoms with Gasteiger partial charge < -0.3 is 10.4 Å². The van der Waals surface area contributed by atoms with Crippen molar-refractivity contribution in [1.29, 1.82) is 0 Å². The summed E-state index contributed by atoms with van der Waals surface area (Å²) < 4.78 is 0. The van der Waals surface area contributed by atoms with E-state index in [-0.39, 0.29) is 28.8 Å². The summed E-state index contributed by atoms with van der Waals surface area (Å²) in [6, 6.07) is 5.30. The van der Waals surface area contributed by atoms with E-state index in [0.717, 1.165) is 67.3 Å². The first-order valence-electron chi connectivity index (χ1n) is 10.7. The number of phenolic OH excluding ortho intramolecular Hbond substituents is 1. The Hall–Kier alpha value is -1.94. The van der Waals surface area contributed by atoms with Crippen molar-refractivity contribution in [2.75, 3.05) is 6.54 Å². The zero-order valence-corrected chi connectivity index (χ0v) is 17.2. The van der Waals surface area contributed by atoms with Gasteiger partial charge in [0, 0.05) is 5.41 Å². The van der Waals surface area contributed by atoms with Crippen LogP contribution >= 0.6 is 0 Å². The lowest BCUT2D eigenvalue weighted by atomic mass is 9.56. The fourth-order valence-electron chi connectivity index (χ4n) is 6.05. The summed E-state index contributed by atoms with van der Waals surface area (Å²) in [7, 11) is 0. The van der Waals surface area contributed by atoms with Gasteiger partial charge in [-0.15, -0.1) is 0 Å². The zero-order valence-electron chi connectivity index (χ0n) is 17.2. The van der Waals surface area contributed by atoms with Crippen LogP contribution in [0.15, 0.2) is 23.8 Å². The van der Waals surface area contributed by atoms with E-state index in [1.165, 1.54) is 0 Å². The van der Waals surface area contributed by atoms with Gasteiger partial charge in [0.1, 0.15) is 5.75 Å².